The molecular weight excluding hydrogens is 300 g/mol. The minimum atomic E-state index is -0.610. The van der Waals surface area contributed by atoms with Crippen LogP contribution in [0.5, 0.6) is 5.75 Å². The van der Waals surface area contributed by atoms with Crippen molar-refractivity contribution < 1.29 is 14.3 Å². The van der Waals surface area contributed by atoms with E-state index in [1.807, 2.05) is 0 Å². The highest BCUT2D eigenvalue weighted by Crippen LogP contribution is 2.19. The van der Waals surface area contributed by atoms with E-state index in [0.717, 1.165) is 12.8 Å². The van der Waals surface area contributed by atoms with E-state index < -0.39 is 5.91 Å². The van der Waals surface area contributed by atoms with Gasteiger partial charge in [0, 0.05) is 18.8 Å². The molecule has 1 unspecified atom stereocenters. The number of amides is 2. The summed E-state index contributed by atoms with van der Waals surface area (Å²) in [5.74, 6) is -0.0945. The minimum Gasteiger partial charge on any atom is -0.488 e. The molecule has 0 aromatic carbocycles. The number of nitrogens with zero attached hydrogens (tertiary/aromatic N) is 4. The van der Waals surface area contributed by atoms with Gasteiger partial charge in [-0.25, -0.2) is 4.98 Å². The van der Waals surface area contributed by atoms with Crippen LogP contribution in [0.4, 0.5) is 0 Å². The van der Waals surface area contributed by atoms with E-state index in [9.17, 15) is 9.59 Å². The van der Waals surface area contributed by atoms with Crippen molar-refractivity contribution in [2.75, 3.05) is 13.1 Å². The molecule has 0 aliphatic carbocycles. The molecule has 2 aromatic rings. The fourth-order valence-corrected chi connectivity index (χ4v) is 2.49. The highest BCUT2D eigenvalue weighted by atomic mass is 16.5. The number of H-pyrrole nitrogens is 1. The summed E-state index contributed by atoms with van der Waals surface area (Å²) in [6.07, 6.45) is 4.23. The molecule has 3 rings (SSSR count). The summed E-state index contributed by atoms with van der Waals surface area (Å²) >= 11 is 0. The molecule has 1 fully saturated rings. The SMILES string of the molecule is NC(=O)c1cc(OC2CCCN(C(=O)c3ncn[nH]3)C2)ccn1. The molecular formula is C14H16N6O3. The van der Waals surface area contributed by atoms with Crippen molar-refractivity contribution in [3.05, 3.63) is 36.2 Å². The third kappa shape index (κ3) is 3.44. The molecule has 2 amide bonds. The topological polar surface area (TPSA) is 127 Å². The number of aromatic nitrogens is 4. The van der Waals surface area contributed by atoms with Gasteiger partial charge in [-0.1, -0.05) is 0 Å². The van der Waals surface area contributed by atoms with Gasteiger partial charge in [-0.05, 0) is 18.9 Å². The standard InChI is InChI=1S/C14H16N6O3/c15-12(21)11-6-9(3-4-16-11)23-10-2-1-5-20(7-10)14(22)13-17-8-18-19-13/h3-4,6,8,10H,1-2,5,7H2,(H2,15,21)(H,17,18,19). The Balaban J connectivity index is 1.66. The molecule has 0 spiro atoms. The van der Waals surface area contributed by atoms with Crippen molar-refractivity contribution in [3.8, 4) is 5.75 Å². The van der Waals surface area contributed by atoms with Crippen LogP contribution in [-0.2, 0) is 0 Å². The number of aromatic amines is 1. The summed E-state index contributed by atoms with van der Waals surface area (Å²) in [4.78, 5) is 32.8. The molecule has 0 saturated carbocycles. The summed E-state index contributed by atoms with van der Waals surface area (Å²) in [6, 6.07) is 3.16. The maximum Gasteiger partial charge on any atom is 0.291 e. The minimum absolute atomic E-state index is 0.146. The number of hydrogen-bond acceptors (Lipinski definition) is 6. The van der Waals surface area contributed by atoms with E-state index in [1.54, 1.807) is 11.0 Å². The van der Waals surface area contributed by atoms with Gasteiger partial charge in [-0.15, -0.1) is 0 Å². The van der Waals surface area contributed by atoms with E-state index in [-0.39, 0.29) is 23.5 Å². The summed E-state index contributed by atoms with van der Waals surface area (Å²) < 4.78 is 5.86. The normalized spacial score (nSPS) is 17.7. The zero-order chi connectivity index (χ0) is 16.2. The third-order valence-corrected chi connectivity index (χ3v) is 3.57. The molecule has 9 heteroatoms. The van der Waals surface area contributed by atoms with E-state index in [1.165, 1.54) is 18.6 Å². The van der Waals surface area contributed by atoms with E-state index in [2.05, 4.69) is 20.2 Å². The first-order valence-corrected chi connectivity index (χ1v) is 7.20. The predicted molar refractivity (Wildman–Crippen MR) is 78.7 cm³/mol. The highest BCUT2D eigenvalue weighted by Gasteiger charge is 2.27. The second-order valence-electron chi connectivity index (χ2n) is 5.21. The molecule has 23 heavy (non-hydrogen) atoms. The number of pyridine rings is 1. The van der Waals surface area contributed by atoms with Gasteiger partial charge in [0.25, 0.3) is 11.8 Å². The molecule has 2 aromatic heterocycles. The van der Waals surface area contributed by atoms with Gasteiger partial charge in [0.05, 0.1) is 6.54 Å². The lowest BCUT2D eigenvalue weighted by Gasteiger charge is -2.32. The molecule has 3 heterocycles. The number of hydrogen-bond donors (Lipinski definition) is 2. The quantitative estimate of drug-likeness (QED) is 0.816. The Hall–Kier alpha value is -2.97. The number of nitrogens with two attached hydrogens (primary N) is 1. The molecule has 0 bridgehead atoms. The first-order chi connectivity index (χ1) is 11.1. The number of primary amides is 1. The van der Waals surface area contributed by atoms with Crippen molar-refractivity contribution in [1.82, 2.24) is 25.1 Å². The molecule has 1 aliphatic rings. The van der Waals surface area contributed by atoms with Crippen molar-refractivity contribution in [3.63, 3.8) is 0 Å². The van der Waals surface area contributed by atoms with Crippen molar-refractivity contribution >= 4 is 11.8 Å². The monoisotopic (exact) mass is 316 g/mol. The number of piperidine rings is 1. The van der Waals surface area contributed by atoms with Crippen LogP contribution >= 0.6 is 0 Å². The van der Waals surface area contributed by atoms with Gasteiger partial charge < -0.3 is 15.4 Å². The van der Waals surface area contributed by atoms with Crippen LogP contribution in [0.1, 0.15) is 33.9 Å². The van der Waals surface area contributed by atoms with Crippen LogP contribution in [0.15, 0.2) is 24.7 Å². The van der Waals surface area contributed by atoms with Gasteiger partial charge in [0.1, 0.15) is 23.9 Å². The number of carbonyl (C=O) groups excluding carboxylic acids is 2. The molecule has 1 saturated heterocycles. The van der Waals surface area contributed by atoms with Gasteiger partial charge in [0.2, 0.25) is 5.82 Å². The summed E-state index contributed by atoms with van der Waals surface area (Å²) in [5, 5.41) is 6.25. The summed E-state index contributed by atoms with van der Waals surface area (Å²) in [5.41, 5.74) is 5.35. The number of likely N-dealkylation sites (tertiary alicyclic amines) is 1. The zero-order valence-electron chi connectivity index (χ0n) is 12.3. The molecule has 1 aliphatic heterocycles. The average Bonchev–Trinajstić information content (AvgIpc) is 3.09. The maximum absolute atomic E-state index is 12.3. The highest BCUT2D eigenvalue weighted by molar-refractivity contribution is 5.91. The predicted octanol–water partition coefficient (Wildman–Crippen LogP) is -0.0178. The maximum atomic E-state index is 12.3. The Morgan fingerprint density at radius 2 is 2.26 bits per heavy atom. The van der Waals surface area contributed by atoms with Crippen LogP contribution < -0.4 is 10.5 Å². The number of ether oxygens (including phenoxy) is 1. The molecule has 3 N–H and O–H groups in total. The summed E-state index contributed by atoms with van der Waals surface area (Å²) in [6.45, 7) is 1.08. The first kappa shape index (κ1) is 14.9. The molecule has 1 atom stereocenters. The van der Waals surface area contributed by atoms with Gasteiger partial charge >= 0.3 is 0 Å². The van der Waals surface area contributed by atoms with Crippen LogP contribution in [0.2, 0.25) is 0 Å². The second kappa shape index (κ2) is 6.42. The van der Waals surface area contributed by atoms with Crippen molar-refractivity contribution in [1.29, 1.82) is 0 Å². The van der Waals surface area contributed by atoms with Crippen LogP contribution in [-0.4, -0.2) is 56.1 Å². The van der Waals surface area contributed by atoms with Crippen LogP contribution in [0.25, 0.3) is 0 Å². The van der Waals surface area contributed by atoms with Crippen LogP contribution in [0.3, 0.4) is 0 Å². The first-order valence-electron chi connectivity index (χ1n) is 7.20. The fraction of sp³-hybridized carbons (Fsp3) is 0.357. The number of nitrogens with one attached hydrogen (secondary N) is 1. The van der Waals surface area contributed by atoms with Gasteiger partial charge in [0.15, 0.2) is 0 Å². The van der Waals surface area contributed by atoms with Gasteiger partial charge in [-0.2, -0.15) is 5.10 Å². The number of rotatable bonds is 4. The Labute approximate surface area is 131 Å². The van der Waals surface area contributed by atoms with Crippen LogP contribution in [0, 0.1) is 0 Å². The van der Waals surface area contributed by atoms with E-state index >= 15 is 0 Å². The lowest BCUT2D eigenvalue weighted by atomic mass is 10.1. The number of carbonyl (C=O) groups is 2. The lowest BCUT2D eigenvalue weighted by Crippen LogP contribution is -2.44. The van der Waals surface area contributed by atoms with E-state index in [0.29, 0.717) is 18.8 Å². The Kier molecular flexibility index (Phi) is 4.18. The van der Waals surface area contributed by atoms with E-state index in [4.69, 9.17) is 10.5 Å². The largest absolute Gasteiger partial charge is 0.488 e. The molecule has 120 valence electrons. The van der Waals surface area contributed by atoms with Crippen molar-refractivity contribution in [2.45, 2.75) is 18.9 Å². The Morgan fingerprint density at radius 3 is 3.00 bits per heavy atom. The average molecular weight is 316 g/mol. The zero-order valence-corrected chi connectivity index (χ0v) is 12.3. The second-order valence-corrected chi connectivity index (χ2v) is 5.21. The smallest absolute Gasteiger partial charge is 0.291 e. The molecule has 0 radical (unpaired) electrons. The lowest BCUT2D eigenvalue weighted by molar-refractivity contribution is 0.0527. The third-order valence-electron chi connectivity index (χ3n) is 3.57. The van der Waals surface area contributed by atoms with Gasteiger partial charge in [-0.3, -0.25) is 19.7 Å². The Bertz CT molecular complexity index is 702. The fourth-order valence-electron chi connectivity index (χ4n) is 2.49. The Morgan fingerprint density at radius 1 is 1.39 bits per heavy atom. The summed E-state index contributed by atoms with van der Waals surface area (Å²) in [7, 11) is 0. The molecule has 9 nitrogen and oxygen atoms in total. The van der Waals surface area contributed by atoms with Crippen molar-refractivity contribution in [2.24, 2.45) is 5.73 Å².